The molecule has 0 spiro atoms. The van der Waals surface area contributed by atoms with Crippen LogP contribution in [-0.2, 0) is 8.85 Å². The van der Waals surface area contributed by atoms with Gasteiger partial charge in [0.05, 0.1) is 0 Å². The van der Waals surface area contributed by atoms with Gasteiger partial charge in [0.15, 0.2) is 0 Å². The Kier molecular flexibility index (Phi) is 6.37. The highest BCUT2D eigenvalue weighted by molar-refractivity contribution is 6.71. The fourth-order valence-electron chi connectivity index (χ4n) is 3.82. The van der Waals surface area contributed by atoms with E-state index in [-0.39, 0.29) is 0 Å². The van der Waals surface area contributed by atoms with Gasteiger partial charge in [-0.15, -0.1) is 0 Å². The minimum absolute atomic E-state index is 0.762. The average molecular weight is 285 g/mol. The van der Waals surface area contributed by atoms with Crippen LogP contribution in [0.15, 0.2) is 0 Å². The first kappa shape index (κ1) is 15.5. The quantitative estimate of drug-likeness (QED) is 0.626. The molecule has 0 heterocycles. The number of hydrogen-bond donors (Lipinski definition) is 0. The van der Waals surface area contributed by atoms with Crippen molar-refractivity contribution >= 4 is 8.56 Å². The molecule has 0 aliphatic heterocycles. The van der Waals surface area contributed by atoms with E-state index >= 15 is 0 Å². The first-order valence-electron chi connectivity index (χ1n) is 8.61. The van der Waals surface area contributed by atoms with Gasteiger partial charge in [0.1, 0.15) is 0 Å². The molecule has 2 saturated carbocycles. The van der Waals surface area contributed by atoms with Crippen molar-refractivity contribution in [2.24, 2.45) is 0 Å². The van der Waals surface area contributed by atoms with Gasteiger partial charge in [-0.25, -0.2) is 0 Å². The summed E-state index contributed by atoms with van der Waals surface area (Å²) in [6.45, 7) is 6.00. The Morgan fingerprint density at radius 1 is 0.684 bits per heavy atom. The summed E-state index contributed by atoms with van der Waals surface area (Å²) in [5, 5.41) is 0. The fourth-order valence-corrected chi connectivity index (χ4v) is 8.60. The second-order valence-electron chi connectivity index (χ2n) is 6.26. The van der Waals surface area contributed by atoms with Gasteiger partial charge in [-0.3, -0.25) is 0 Å². The van der Waals surface area contributed by atoms with Gasteiger partial charge in [-0.05, 0) is 39.5 Å². The second-order valence-corrected chi connectivity index (χ2v) is 9.91. The van der Waals surface area contributed by atoms with E-state index in [2.05, 4.69) is 13.8 Å². The van der Waals surface area contributed by atoms with Crippen LogP contribution < -0.4 is 0 Å². The first-order valence-corrected chi connectivity index (χ1v) is 10.6. The molecule has 0 amide bonds. The molecule has 0 aromatic rings. The summed E-state index contributed by atoms with van der Waals surface area (Å²) in [6, 6.07) is 0. The van der Waals surface area contributed by atoms with Gasteiger partial charge in [-0.1, -0.05) is 38.5 Å². The molecule has 0 atom stereocenters. The fraction of sp³-hybridized carbons (Fsp3) is 1.00. The molecule has 2 aliphatic carbocycles. The summed E-state index contributed by atoms with van der Waals surface area (Å²) < 4.78 is 12.8. The highest BCUT2D eigenvalue weighted by Gasteiger charge is 2.56. The van der Waals surface area contributed by atoms with Gasteiger partial charge in [0.2, 0.25) is 0 Å². The summed E-state index contributed by atoms with van der Waals surface area (Å²) in [7, 11) is -1.94. The van der Waals surface area contributed by atoms with Gasteiger partial charge >= 0.3 is 8.56 Å². The Balaban J connectivity index is 2.08. The van der Waals surface area contributed by atoms with Crippen LogP contribution in [0.5, 0.6) is 0 Å². The van der Waals surface area contributed by atoms with Crippen molar-refractivity contribution in [1.82, 2.24) is 0 Å². The lowest BCUT2D eigenvalue weighted by Gasteiger charge is -2.37. The van der Waals surface area contributed by atoms with E-state index in [0.717, 1.165) is 24.3 Å². The van der Waals surface area contributed by atoms with E-state index in [9.17, 15) is 0 Å². The molecule has 2 fully saturated rings. The van der Waals surface area contributed by atoms with Crippen LogP contribution in [0.2, 0.25) is 11.1 Å². The molecular weight excluding hydrogens is 252 g/mol. The van der Waals surface area contributed by atoms with Gasteiger partial charge in [0.25, 0.3) is 0 Å². The zero-order valence-corrected chi connectivity index (χ0v) is 14.0. The maximum absolute atomic E-state index is 6.39. The summed E-state index contributed by atoms with van der Waals surface area (Å²) in [5.74, 6) is 0. The SMILES string of the molecule is CCO[Si](OCC)(C1CCCCCCCC1)C1CC1. The second kappa shape index (κ2) is 7.80. The Morgan fingerprint density at radius 2 is 1.11 bits per heavy atom. The molecule has 2 aliphatic rings. The summed E-state index contributed by atoms with van der Waals surface area (Å²) in [5.41, 5.74) is 1.57. The van der Waals surface area contributed by atoms with Crippen LogP contribution in [0, 0.1) is 0 Å². The van der Waals surface area contributed by atoms with Crippen molar-refractivity contribution in [3.8, 4) is 0 Å². The maximum Gasteiger partial charge on any atom is 0.344 e. The van der Waals surface area contributed by atoms with E-state index in [1.54, 1.807) is 0 Å². The topological polar surface area (TPSA) is 18.5 Å². The number of hydrogen-bond acceptors (Lipinski definition) is 2. The molecule has 3 heteroatoms. The van der Waals surface area contributed by atoms with Crippen molar-refractivity contribution in [2.45, 2.75) is 89.1 Å². The number of rotatable bonds is 6. The molecule has 0 aromatic heterocycles. The monoisotopic (exact) mass is 284 g/mol. The maximum atomic E-state index is 6.39. The summed E-state index contributed by atoms with van der Waals surface area (Å²) in [6.07, 6.45) is 14.0. The zero-order valence-electron chi connectivity index (χ0n) is 13.0. The lowest BCUT2D eigenvalue weighted by Crippen LogP contribution is -2.48. The molecule has 19 heavy (non-hydrogen) atoms. The van der Waals surface area contributed by atoms with Gasteiger partial charge in [-0.2, -0.15) is 0 Å². The third kappa shape index (κ3) is 4.05. The van der Waals surface area contributed by atoms with Crippen LogP contribution >= 0.6 is 0 Å². The Hall–Kier alpha value is 0.137. The highest BCUT2D eigenvalue weighted by atomic mass is 28.4. The summed E-state index contributed by atoms with van der Waals surface area (Å²) in [4.78, 5) is 0. The highest BCUT2D eigenvalue weighted by Crippen LogP contribution is 2.53. The molecular formula is C16H32O2Si. The lowest BCUT2D eigenvalue weighted by molar-refractivity contribution is 0.165. The molecule has 0 aromatic carbocycles. The largest absolute Gasteiger partial charge is 0.394 e. The first-order chi connectivity index (χ1) is 9.33. The van der Waals surface area contributed by atoms with Crippen molar-refractivity contribution in [3.05, 3.63) is 0 Å². The standard InChI is InChI=1S/C16H32O2Si/c1-3-17-19(18-4-2,16-13-14-16)15-11-9-7-5-6-8-10-12-15/h15-16H,3-14H2,1-2H3. The van der Waals surface area contributed by atoms with Crippen LogP contribution in [0.3, 0.4) is 0 Å². The molecule has 0 bridgehead atoms. The molecule has 0 N–H and O–H groups in total. The molecule has 0 unspecified atom stereocenters. The van der Waals surface area contributed by atoms with Crippen LogP contribution in [-0.4, -0.2) is 21.8 Å². The van der Waals surface area contributed by atoms with Crippen molar-refractivity contribution in [1.29, 1.82) is 0 Å². The zero-order chi connectivity index (χ0) is 13.6. The Labute approximate surface area is 120 Å². The van der Waals surface area contributed by atoms with Gasteiger partial charge < -0.3 is 8.85 Å². The summed E-state index contributed by atoms with van der Waals surface area (Å²) >= 11 is 0. The smallest absolute Gasteiger partial charge is 0.344 e. The Morgan fingerprint density at radius 3 is 1.53 bits per heavy atom. The van der Waals surface area contributed by atoms with Crippen molar-refractivity contribution < 1.29 is 8.85 Å². The van der Waals surface area contributed by atoms with Crippen molar-refractivity contribution in [3.63, 3.8) is 0 Å². The minimum Gasteiger partial charge on any atom is -0.394 e. The molecule has 0 saturated heterocycles. The Bertz CT molecular complexity index is 237. The van der Waals surface area contributed by atoms with E-state index in [1.165, 1.54) is 64.2 Å². The van der Waals surface area contributed by atoms with Gasteiger partial charge in [0, 0.05) is 24.3 Å². The predicted octanol–water partition coefficient (Wildman–Crippen LogP) is 5.17. The van der Waals surface area contributed by atoms with E-state index < -0.39 is 8.56 Å². The predicted molar refractivity (Wildman–Crippen MR) is 82.7 cm³/mol. The van der Waals surface area contributed by atoms with E-state index in [1.807, 2.05) is 0 Å². The average Bonchev–Trinajstić information content (AvgIpc) is 3.22. The molecule has 2 rings (SSSR count). The third-order valence-electron chi connectivity index (χ3n) is 4.81. The van der Waals surface area contributed by atoms with Crippen molar-refractivity contribution in [2.75, 3.05) is 13.2 Å². The molecule has 2 nitrogen and oxygen atoms in total. The van der Waals surface area contributed by atoms with Crippen LogP contribution in [0.4, 0.5) is 0 Å². The van der Waals surface area contributed by atoms with Crippen LogP contribution in [0.25, 0.3) is 0 Å². The molecule has 112 valence electrons. The lowest BCUT2D eigenvalue weighted by atomic mass is 10.1. The van der Waals surface area contributed by atoms with E-state index in [0.29, 0.717) is 0 Å². The molecule has 0 radical (unpaired) electrons. The minimum atomic E-state index is -1.94. The van der Waals surface area contributed by atoms with E-state index in [4.69, 9.17) is 8.85 Å². The van der Waals surface area contributed by atoms with Crippen LogP contribution in [0.1, 0.15) is 78.1 Å². The normalized spacial score (nSPS) is 23.7. The third-order valence-corrected chi connectivity index (χ3v) is 9.72.